The summed E-state index contributed by atoms with van der Waals surface area (Å²) in [4.78, 5) is 14.0. The number of nitrogens with one attached hydrogen (secondary N) is 1. The normalized spacial score (nSPS) is 14.9. The Morgan fingerprint density at radius 2 is 1.93 bits per heavy atom. The van der Waals surface area contributed by atoms with E-state index in [1.807, 2.05) is 4.90 Å². The number of halogens is 3. The number of morpholine rings is 1. The van der Waals surface area contributed by atoms with Gasteiger partial charge in [0.2, 0.25) is 0 Å². The summed E-state index contributed by atoms with van der Waals surface area (Å²) in [6.45, 7) is 3.16. The smallest absolute Gasteiger partial charge is 0.254 e. The Hall–Kier alpha value is -1.81. The summed E-state index contributed by atoms with van der Waals surface area (Å²) in [6.07, 6.45) is 1.55. The molecule has 0 bridgehead atoms. The zero-order valence-electron chi connectivity index (χ0n) is 15.5. The van der Waals surface area contributed by atoms with Crippen molar-refractivity contribution < 1.29 is 18.7 Å². The van der Waals surface area contributed by atoms with Crippen LogP contribution in [0.25, 0.3) is 0 Å². The molecule has 9 heteroatoms. The molecule has 1 saturated heterocycles. The fourth-order valence-electron chi connectivity index (χ4n) is 2.73. The van der Waals surface area contributed by atoms with Crippen LogP contribution in [0.2, 0.25) is 0 Å². The Balaban J connectivity index is 1.56. The van der Waals surface area contributed by atoms with Crippen LogP contribution in [0.5, 0.6) is 5.75 Å². The molecule has 1 N–H and O–H groups in total. The molecule has 1 amide bonds. The summed E-state index contributed by atoms with van der Waals surface area (Å²) >= 11 is 6.92. The van der Waals surface area contributed by atoms with Crippen molar-refractivity contribution in [2.75, 3.05) is 32.8 Å². The van der Waals surface area contributed by atoms with Gasteiger partial charge >= 0.3 is 0 Å². The standard InChI is InChI=1S/C20H20Br2FN3O3/c21-16-9-14(11-24-25-19(27)12-26-5-7-28-8-6-26)10-17(22)20(16)29-13-15-3-1-2-4-18(15)23/h1-4,9-11H,5-8,12-13H2,(H,25,27)/b24-11+. The van der Waals surface area contributed by atoms with Crippen molar-refractivity contribution in [2.45, 2.75) is 6.61 Å². The van der Waals surface area contributed by atoms with Crippen molar-refractivity contribution in [1.29, 1.82) is 0 Å². The lowest BCUT2D eigenvalue weighted by Crippen LogP contribution is -2.42. The molecule has 1 aliphatic heterocycles. The van der Waals surface area contributed by atoms with E-state index in [9.17, 15) is 9.18 Å². The number of nitrogens with zero attached hydrogens (tertiary/aromatic N) is 2. The summed E-state index contributed by atoms with van der Waals surface area (Å²) < 4.78 is 26.1. The first-order valence-corrected chi connectivity index (χ1v) is 10.6. The molecule has 0 aliphatic carbocycles. The maximum absolute atomic E-state index is 13.7. The number of hydrogen-bond donors (Lipinski definition) is 1. The summed E-state index contributed by atoms with van der Waals surface area (Å²) in [7, 11) is 0. The average Bonchev–Trinajstić information content (AvgIpc) is 2.69. The van der Waals surface area contributed by atoms with Crippen LogP contribution in [0.4, 0.5) is 4.39 Å². The predicted octanol–water partition coefficient (Wildman–Crippen LogP) is 3.71. The molecule has 2 aromatic carbocycles. The second-order valence-corrected chi connectivity index (χ2v) is 8.08. The van der Waals surface area contributed by atoms with Crippen molar-refractivity contribution in [1.82, 2.24) is 10.3 Å². The lowest BCUT2D eigenvalue weighted by molar-refractivity contribution is -0.123. The van der Waals surface area contributed by atoms with Gasteiger partial charge in [0.05, 0.1) is 34.9 Å². The quantitative estimate of drug-likeness (QED) is 0.439. The average molecular weight is 529 g/mol. The maximum atomic E-state index is 13.7. The van der Waals surface area contributed by atoms with Gasteiger partial charge in [-0.25, -0.2) is 9.82 Å². The molecule has 154 valence electrons. The van der Waals surface area contributed by atoms with Gasteiger partial charge in [0, 0.05) is 18.7 Å². The molecule has 6 nitrogen and oxygen atoms in total. The zero-order valence-corrected chi connectivity index (χ0v) is 18.7. The summed E-state index contributed by atoms with van der Waals surface area (Å²) in [5, 5.41) is 4.01. The number of benzene rings is 2. The molecule has 0 saturated carbocycles. The minimum atomic E-state index is -0.309. The minimum absolute atomic E-state index is 0.106. The van der Waals surface area contributed by atoms with Crippen LogP contribution in [0.15, 0.2) is 50.4 Å². The minimum Gasteiger partial charge on any atom is -0.486 e. The third-order valence-electron chi connectivity index (χ3n) is 4.22. The van der Waals surface area contributed by atoms with Gasteiger partial charge in [-0.2, -0.15) is 5.10 Å². The second kappa shape index (κ2) is 10.8. The Labute approximate surface area is 185 Å². The summed E-state index contributed by atoms with van der Waals surface area (Å²) in [6, 6.07) is 10.1. The largest absolute Gasteiger partial charge is 0.486 e. The second-order valence-electron chi connectivity index (χ2n) is 6.38. The molecule has 1 aliphatic rings. The van der Waals surface area contributed by atoms with E-state index in [-0.39, 0.29) is 24.9 Å². The van der Waals surface area contributed by atoms with Crippen LogP contribution in [-0.2, 0) is 16.1 Å². The number of ether oxygens (including phenoxy) is 2. The number of amides is 1. The third-order valence-corrected chi connectivity index (χ3v) is 5.40. The van der Waals surface area contributed by atoms with Gasteiger partial charge in [0.1, 0.15) is 18.2 Å². The SMILES string of the molecule is O=C(CN1CCOCC1)N/N=C/c1cc(Br)c(OCc2ccccc2F)c(Br)c1. The molecule has 0 atom stereocenters. The fraction of sp³-hybridized carbons (Fsp3) is 0.300. The fourth-order valence-corrected chi connectivity index (χ4v) is 4.18. The first-order chi connectivity index (χ1) is 14.0. The van der Waals surface area contributed by atoms with Gasteiger partial charge in [-0.3, -0.25) is 9.69 Å². The number of carbonyl (C=O) groups is 1. The van der Waals surface area contributed by atoms with E-state index in [1.54, 1.807) is 36.5 Å². The highest BCUT2D eigenvalue weighted by atomic mass is 79.9. The maximum Gasteiger partial charge on any atom is 0.254 e. The van der Waals surface area contributed by atoms with Gasteiger partial charge in [0.15, 0.2) is 0 Å². The van der Waals surface area contributed by atoms with Crippen molar-refractivity contribution in [3.63, 3.8) is 0 Å². The Morgan fingerprint density at radius 1 is 1.24 bits per heavy atom. The summed E-state index contributed by atoms with van der Waals surface area (Å²) in [5.41, 5.74) is 3.76. The molecule has 29 heavy (non-hydrogen) atoms. The van der Waals surface area contributed by atoms with Crippen molar-refractivity contribution >= 4 is 44.0 Å². The summed E-state index contributed by atoms with van der Waals surface area (Å²) in [5.74, 6) is 0.0733. The van der Waals surface area contributed by atoms with E-state index in [1.165, 1.54) is 6.07 Å². The first kappa shape index (κ1) is 21.9. The van der Waals surface area contributed by atoms with E-state index in [4.69, 9.17) is 9.47 Å². The van der Waals surface area contributed by atoms with Gasteiger partial charge in [-0.05, 0) is 55.6 Å². The molecular formula is C20H20Br2FN3O3. The van der Waals surface area contributed by atoms with E-state index < -0.39 is 0 Å². The zero-order chi connectivity index (χ0) is 20.6. The van der Waals surface area contributed by atoms with Crippen LogP contribution >= 0.6 is 31.9 Å². The van der Waals surface area contributed by atoms with Crippen molar-refractivity contribution in [3.05, 3.63) is 62.3 Å². The van der Waals surface area contributed by atoms with Crippen LogP contribution in [-0.4, -0.2) is 49.9 Å². The van der Waals surface area contributed by atoms with Crippen molar-refractivity contribution in [3.8, 4) is 5.75 Å². The number of hydrazone groups is 1. The highest BCUT2D eigenvalue weighted by molar-refractivity contribution is 9.11. The Morgan fingerprint density at radius 3 is 2.62 bits per heavy atom. The molecule has 1 heterocycles. The Kier molecular flexibility index (Phi) is 8.17. The van der Waals surface area contributed by atoms with E-state index in [0.29, 0.717) is 33.5 Å². The van der Waals surface area contributed by atoms with Crippen LogP contribution < -0.4 is 10.2 Å². The molecule has 0 spiro atoms. The molecule has 2 aromatic rings. The molecule has 0 radical (unpaired) electrons. The lowest BCUT2D eigenvalue weighted by atomic mass is 10.2. The van der Waals surface area contributed by atoms with E-state index in [2.05, 4.69) is 42.4 Å². The molecule has 0 aromatic heterocycles. The Bertz CT molecular complexity index is 866. The van der Waals surface area contributed by atoms with Crippen LogP contribution in [0.3, 0.4) is 0 Å². The van der Waals surface area contributed by atoms with E-state index >= 15 is 0 Å². The highest BCUT2D eigenvalue weighted by Crippen LogP contribution is 2.35. The number of rotatable bonds is 7. The number of carbonyl (C=O) groups excluding carboxylic acids is 1. The van der Waals surface area contributed by atoms with Gasteiger partial charge in [0.25, 0.3) is 5.91 Å². The topological polar surface area (TPSA) is 63.2 Å². The van der Waals surface area contributed by atoms with E-state index in [0.717, 1.165) is 18.7 Å². The van der Waals surface area contributed by atoms with Gasteiger partial charge < -0.3 is 9.47 Å². The molecular weight excluding hydrogens is 509 g/mol. The highest BCUT2D eigenvalue weighted by Gasteiger charge is 2.14. The monoisotopic (exact) mass is 527 g/mol. The van der Waals surface area contributed by atoms with Crippen LogP contribution in [0.1, 0.15) is 11.1 Å². The molecule has 1 fully saturated rings. The van der Waals surface area contributed by atoms with Gasteiger partial charge in [-0.15, -0.1) is 0 Å². The molecule has 0 unspecified atom stereocenters. The third kappa shape index (κ3) is 6.60. The first-order valence-electron chi connectivity index (χ1n) is 9.00. The molecule has 3 rings (SSSR count). The van der Waals surface area contributed by atoms with Crippen LogP contribution in [0, 0.1) is 5.82 Å². The van der Waals surface area contributed by atoms with Crippen molar-refractivity contribution in [2.24, 2.45) is 5.10 Å². The van der Waals surface area contributed by atoms with Gasteiger partial charge in [-0.1, -0.05) is 18.2 Å². The lowest BCUT2D eigenvalue weighted by Gasteiger charge is -2.25. The number of hydrogen-bond acceptors (Lipinski definition) is 5. The predicted molar refractivity (Wildman–Crippen MR) is 116 cm³/mol.